The zero-order valence-corrected chi connectivity index (χ0v) is 25.4. The lowest BCUT2D eigenvalue weighted by Gasteiger charge is -2.26. The first kappa shape index (κ1) is 32.1. The summed E-state index contributed by atoms with van der Waals surface area (Å²) in [6, 6.07) is 5.42. The van der Waals surface area contributed by atoms with Crippen molar-refractivity contribution in [3.05, 3.63) is 83.8 Å². The minimum atomic E-state index is -5.44. The monoisotopic (exact) mass is 645 g/mol. The first-order chi connectivity index (χ1) is 21.4. The van der Waals surface area contributed by atoms with Crippen LogP contribution < -0.4 is 4.31 Å². The number of hydrogen-bond acceptors (Lipinski definition) is 6. The Morgan fingerprint density at radius 2 is 1.67 bits per heavy atom. The molecule has 5 rings (SSSR count). The molecule has 0 spiro atoms. The second kappa shape index (κ2) is 13.0. The average molecular weight is 646 g/mol. The van der Waals surface area contributed by atoms with Gasteiger partial charge in [-0.3, -0.25) is 9.67 Å². The number of aromatic nitrogens is 3. The summed E-state index contributed by atoms with van der Waals surface area (Å²) in [6.07, 6.45) is 5.65. The van der Waals surface area contributed by atoms with Gasteiger partial charge in [0.15, 0.2) is 5.82 Å². The molecule has 0 unspecified atom stereocenters. The number of likely N-dealkylation sites (tertiary alicyclic amines) is 1. The molecule has 14 heteroatoms. The first-order valence-electron chi connectivity index (χ1n) is 14.4. The lowest BCUT2D eigenvalue weighted by atomic mass is 9.94. The highest BCUT2D eigenvalue weighted by atomic mass is 32.2. The largest absolute Gasteiger partial charge is 0.464 e. The van der Waals surface area contributed by atoms with Crippen LogP contribution in [0.3, 0.4) is 0 Å². The fourth-order valence-electron chi connectivity index (χ4n) is 5.42. The third-order valence-electron chi connectivity index (χ3n) is 7.72. The van der Waals surface area contributed by atoms with Gasteiger partial charge in [-0.15, -0.1) is 0 Å². The molecule has 0 saturated carbocycles. The maximum Gasteiger partial charge on any atom is 0.426 e. The number of hydrogen-bond donors (Lipinski definition) is 1. The second-order valence-corrected chi connectivity index (χ2v) is 12.8. The number of anilines is 1. The summed E-state index contributed by atoms with van der Waals surface area (Å²) in [5.74, 6) is -5.93. The van der Waals surface area contributed by atoms with E-state index < -0.39 is 65.8 Å². The molecular formula is C31H31F4N5O4S. The number of benzene rings is 2. The number of nitrogens with zero attached hydrogens (tertiary/aromatic N) is 5. The molecule has 0 atom stereocenters. The van der Waals surface area contributed by atoms with Gasteiger partial charge in [0, 0.05) is 30.7 Å². The van der Waals surface area contributed by atoms with Gasteiger partial charge in [0.2, 0.25) is 0 Å². The minimum Gasteiger partial charge on any atom is -0.464 e. The Bertz CT molecular complexity index is 1830. The predicted octanol–water partition coefficient (Wildman–Crippen LogP) is 6.65. The molecular weight excluding hydrogens is 614 g/mol. The lowest BCUT2D eigenvalue weighted by molar-refractivity contribution is 0.206. The Morgan fingerprint density at radius 3 is 2.31 bits per heavy atom. The molecule has 2 aromatic carbocycles. The predicted molar refractivity (Wildman–Crippen MR) is 159 cm³/mol. The van der Waals surface area contributed by atoms with Crippen molar-refractivity contribution in [1.82, 2.24) is 19.7 Å². The second-order valence-electron chi connectivity index (χ2n) is 11.1. The van der Waals surface area contributed by atoms with Gasteiger partial charge >= 0.3 is 6.09 Å². The van der Waals surface area contributed by atoms with Crippen molar-refractivity contribution in [3.8, 4) is 22.4 Å². The van der Waals surface area contributed by atoms with Crippen molar-refractivity contribution in [1.29, 1.82) is 0 Å². The Hall–Kier alpha value is -4.30. The van der Waals surface area contributed by atoms with Crippen LogP contribution in [-0.4, -0.2) is 58.9 Å². The van der Waals surface area contributed by atoms with E-state index in [2.05, 4.69) is 15.0 Å². The van der Waals surface area contributed by atoms with Crippen LogP contribution in [0.15, 0.2) is 59.9 Å². The number of carbonyl (C=O) groups is 1. The molecule has 1 amide bonds. The molecule has 9 nitrogen and oxygen atoms in total. The van der Waals surface area contributed by atoms with Gasteiger partial charge in [-0.1, -0.05) is 20.3 Å². The highest BCUT2D eigenvalue weighted by molar-refractivity contribution is 7.93. The van der Waals surface area contributed by atoms with E-state index >= 15 is 8.78 Å². The summed E-state index contributed by atoms with van der Waals surface area (Å²) in [6.45, 7) is 5.95. The van der Waals surface area contributed by atoms with Crippen LogP contribution in [0.1, 0.15) is 44.6 Å². The van der Waals surface area contributed by atoms with Crippen LogP contribution in [0, 0.1) is 23.3 Å². The van der Waals surface area contributed by atoms with E-state index in [4.69, 9.17) is 0 Å². The topological polar surface area (TPSA) is 109 Å². The Morgan fingerprint density at radius 1 is 0.978 bits per heavy atom. The molecule has 1 saturated heterocycles. The van der Waals surface area contributed by atoms with E-state index in [1.165, 1.54) is 17.1 Å². The van der Waals surface area contributed by atoms with Crippen molar-refractivity contribution in [3.63, 3.8) is 0 Å². The molecule has 45 heavy (non-hydrogen) atoms. The van der Waals surface area contributed by atoms with Crippen LogP contribution >= 0.6 is 0 Å². The summed E-state index contributed by atoms with van der Waals surface area (Å²) in [7, 11) is -5.44. The number of pyridine rings is 1. The molecule has 3 heterocycles. The van der Waals surface area contributed by atoms with E-state index in [-0.39, 0.29) is 17.3 Å². The molecule has 4 aromatic rings. The zero-order chi connectivity index (χ0) is 32.5. The van der Waals surface area contributed by atoms with Gasteiger partial charge < -0.3 is 10.0 Å². The van der Waals surface area contributed by atoms with E-state index in [1.807, 2.05) is 0 Å². The molecule has 0 radical (unpaired) electrons. The smallest absolute Gasteiger partial charge is 0.426 e. The summed E-state index contributed by atoms with van der Waals surface area (Å²) >= 11 is 0. The summed E-state index contributed by atoms with van der Waals surface area (Å²) in [4.78, 5) is 17.4. The van der Waals surface area contributed by atoms with E-state index in [1.54, 1.807) is 32.2 Å². The van der Waals surface area contributed by atoms with E-state index in [0.717, 1.165) is 38.4 Å². The van der Waals surface area contributed by atoms with Crippen LogP contribution in [0.25, 0.3) is 22.4 Å². The van der Waals surface area contributed by atoms with Crippen molar-refractivity contribution in [2.24, 2.45) is 0 Å². The normalized spacial score (nSPS) is 14.2. The van der Waals surface area contributed by atoms with Gasteiger partial charge in [0.05, 0.1) is 12.1 Å². The molecule has 0 aliphatic carbocycles. The quantitative estimate of drug-likeness (QED) is 0.203. The van der Waals surface area contributed by atoms with Crippen molar-refractivity contribution in [2.75, 3.05) is 23.9 Å². The molecule has 1 aliphatic rings. The lowest BCUT2D eigenvalue weighted by Crippen LogP contribution is -2.37. The van der Waals surface area contributed by atoms with E-state index in [9.17, 15) is 27.1 Å². The van der Waals surface area contributed by atoms with Crippen LogP contribution in [-0.2, 0) is 16.6 Å². The molecule has 1 N–H and O–H groups in total. The maximum atomic E-state index is 16.6. The van der Waals surface area contributed by atoms with Gasteiger partial charge in [-0.25, -0.2) is 30.8 Å². The van der Waals surface area contributed by atoms with Gasteiger partial charge in [-0.05, 0) is 79.4 Å². The van der Waals surface area contributed by atoms with Crippen LogP contribution in [0.5, 0.6) is 0 Å². The zero-order valence-electron chi connectivity index (χ0n) is 24.6. The fourth-order valence-corrected chi connectivity index (χ4v) is 6.79. The molecule has 238 valence electrons. The summed E-state index contributed by atoms with van der Waals surface area (Å²) < 4.78 is 89.6. The molecule has 1 aliphatic heterocycles. The number of piperidine rings is 1. The molecule has 1 fully saturated rings. The number of halogens is 4. The Balaban J connectivity index is 1.72. The number of carboxylic acid groups (broad SMARTS) is 1. The first-order valence-corrected chi connectivity index (χ1v) is 15.8. The van der Waals surface area contributed by atoms with Gasteiger partial charge in [0.25, 0.3) is 10.0 Å². The summed E-state index contributed by atoms with van der Waals surface area (Å²) in [5.41, 5.74) is -1.47. The number of sulfonamides is 1. The van der Waals surface area contributed by atoms with Crippen molar-refractivity contribution >= 4 is 21.8 Å². The van der Waals surface area contributed by atoms with Crippen molar-refractivity contribution < 1.29 is 35.9 Å². The third-order valence-corrected chi connectivity index (χ3v) is 9.42. The van der Waals surface area contributed by atoms with Crippen molar-refractivity contribution in [2.45, 2.75) is 50.5 Å². The van der Waals surface area contributed by atoms with Crippen LogP contribution in [0.2, 0.25) is 0 Å². The highest BCUT2D eigenvalue weighted by Gasteiger charge is 2.38. The number of amides is 1. The maximum absolute atomic E-state index is 16.6. The average Bonchev–Trinajstić information content (AvgIpc) is 3.43. The fraction of sp³-hybridized carbons (Fsp3) is 0.323. The Labute approximate surface area is 257 Å². The number of rotatable bonds is 9. The van der Waals surface area contributed by atoms with Gasteiger partial charge in [-0.2, -0.15) is 9.40 Å². The van der Waals surface area contributed by atoms with E-state index in [0.29, 0.717) is 36.3 Å². The highest BCUT2D eigenvalue weighted by Crippen LogP contribution is 2.42. The molecule has 0 bridgehead atoms. The molecule has 2 aromatic heterocycles. The summed E-state index contributed by atoms with van der Waals surface area (Å²) in [5, 5.41) is 14.6. The SMILES string of the molecule is CC(C)c1cc(N(C(=O)O)S(=O)(=O)c2cc(F)ccc2F)c(F)c(-c2nn(CCN3CCCCC3)cc2-c2ccncc2)c1F. The van der Waals surface area contributed by atoms with Gasteiger partial charge in [0.1, 0.15) is 33.7 Å². The van der Waals surface area contributed by atoms with Crippen LogP contribution in [0.4, 0.5) is 28.0 Å². The standard InChI is InChI=1S/C31H31F4N5O4S/c1-19(2)22-17-25(40(31(41)42)45(43,44)26-16-21(32)6-7-24(26)33)29(35)27(28(22)34)30-23(20-8-10-36-11-9-20)18-39(37-30)15-14-38-12-4-3-5-13-38/h6-11,16-19H,3-5,12-15H2,1-2H3,(H,41,42). The Kier molecular flexibility index (Phi) is 9.26. The third kappa shape index (κ3) is 6.43. The minimum absolute atomic E-state index is 0.196.